The molecule has 0 aliphatic carbocycles. The molecule has 1 aromatic heterocycles. The highest BCUT2D eigenvalue weighted by atomic mass is 16.6. The Morgan fingerprint density at radius 2 is 1.79 bits per heavy atom. The monoisotopic (exact) mass is 587 g/mol. The number of H-pyrrole nitrogens is 1. The van der Waals surface area contributed by atoms with Gasteiger partial charge in [-0.2, -0.15) is 5.10 Å². The molecule has 2 saturated heterocycles. The van der Waals surface area contributed by atoms with Crippen molar-refractivity contribution < 1.29 is 19.1 Å². The molecule has 0 bridgehead atoms. The lowest BCUT2D eigenvalue weighted by Crippen LogP contribution is -2.52. The van der Waals surface area contributed by atoms with Crippen LogP contribution in [0.15, 0.2) is 42.6 Å². The Hall–Kier alpha value is -4.12. The molecule has 2 aromatic carbocycles. The van der Waals surface area contributed by atoms with Crippen molar-refractivity contribution in [2.45, 2.75) is 63.6 Å². The van der Waals surface area contributed by atoms with E-state index in [1.807, 2.05) is 60.2 Å². The number of carbonyl (C=O) groups excluding carboxylic acids is 3. The number of aromatic amines is 1. The normalized spacial score (nSPS) is 19.1. The Labute approximate surface area is 251 Å². The van der Waals surface area contributed by atoms with Gasteiger partial charge < -0.3 is 30.1 Å². The summed E-state index contributed by atoms with van der Waals surface area (Å²) in [4.78, 5) is 45.7. The molecular formula is C32H41N7O4. The number of anilines is 1. The van der Waals surface area contributed by atoms with Crippen LogP contribution in [0.3, 0.4) is 0 Å². The third-order valence-electron chi connectivity index (χ3n) is 9.27. The maximum absolute atomic E-state index is 13.8. The molecule has 11 heteroatoms. The van der Waals surface area contributed by atoms with E-state index < -0.39 is 12.2 Å². The standard InChI is InChI=1S/C32H41N7O4/c1-21-17-22(18-24-20-34-36-29(21)24)19-28(30(40)37-12-8-25(33-2)9-13-37)43-32(42)38-14-10-26(11-15-38)39-16-7-23-5-3-4-6-27(23)35-31(39)41/h3-6,17-18,20,25-26,28,33H,7-16,19H2,1-2H3,(H,34,36)(H,35,41)/t28-/m1/s1. The first-order chi connectivity index (χ1) is 20.9. The summed E-state index contributed by atoms with van der Waals surface area (Å²) in [6, 6.07) is 12.3. The first-order valence-electron chi connectivity index (χ1n) is 15.4. The van der Waals surface area contributed by atoms with E-state index in [4.69, 9.17) is 4.74 Å². The largest absolute Gasteiger partial charge is 0.436 e. The van der Waals surface area contributed by atoms with E-state index in [0.29, 0.717) is 58.0 Å². The van der Waals surface area contributed by atoms with Crippen LogP contribution in [0.25, 0.3) is 10.9 Å². The van der Waals surface area contributed by atoms with Gasteiger partial charge in [-0.1, -0.05) is 24.3 Å². The van der Waals surface area contributed by atoms with E-state index in [-0.39, 0.29) is 18.0 Å². The Bertz CT molecular complexity index is 1470. The van der Waals surface area contributed by atoms with Crippen LogP contribution >= 0.6 is 0 Å². The van der Waals surface area contributed by atoms with Crippen molar-refractivity contribution >= 4 is 34.6 Å². The fourth-order valence-electron chi connectivity index (χ4n) is 6.71. The zero-order valence-electron chi connectivity index (χ0n) is 25.0. The zero-order chi connectivity index (χ0) is 29.9. The molecule has 0 unspecified atom stereocenters. The number of carbonyl (C=O) groups is 3. The maximum Gasteiger partial charge on any atom is 0.410 e. The summed E-state index contributed by atoms with van der Waals surface area (Å²) in [6.07, 6.45) is 4.50. The van der Waals surface area contributed by atoms with Gasteiger partial charge in [-0.05, 0) is 74.9 Å². The van der Waals surface area contributed by atoms with Gasteiger partial charge >= 0.3 is 12.1 Å². The van der Waals surface area contributed by atoms with E-state index in [1.54, 1.807) is 11.1 Å². The van der Waals surface area contributed by atoms with Crippen molar-refractivity contribution in [3.8, 4) is 0 Å². The highest BCUT2D eigenvalue weighted by molar-refractivity contribution is 5.91. The second-order valence-corrected chi connectivity index (χ2v) is 12.0. The summed E-state index contributed by atoms with van der Waals surface area (Å²) in [6.45, 7) is 4.84. The molecule has 4 amide bonds. The Balaban J connectivity index is 1.11. The number of para-hydroxylation sites is 1. The molecule has 0 saturated carbocycles. The zero-order valence-corrected chi connectivity index (χ0v) is 25.0. The number of fused-ring (bicyclic) bond motifs is 2. The van der Waals surface area contributed by atoms with Crippen molar-refractivity contribution in [1.82, 2.24) is 30.2 Å². The first-order valence-corrected chi connectivity index (χ1v) is 15.4. The summed E-state index contributed by atoms with van der Waals surface area (Å²) in [5.74, 6) is -0.150. The molecule has 1 atom stereocenters. The van der Waals surface area contributed by atoms with Gasteiger partial charge in [0.1, 0.15) is 0 Å². The predicted octanol–water partition coefficient (Wildman–Crippen LogP) is 3.68. The number of nitrogens with one attached hydrogen (secondary N) is 3. The molecule has 0 spiro atoms. The number of nitrogens with zero attached hydrogens (tertiary/aromatic N) is 4. The number of urea groups is 1. The van der Waals surface area contributed by atoms with Gasteiger partial charge in [-0.15, -0.1) is 0 Å². The molecule has 228 valence electrons. The van der Waals surface area contributed by atoms with Gasteiger partial charge in [0, 0.05) is 62.3 Å². The van der Waals surface area contributed by atoms with Gasteiger partial charge in [0.2, 0.25) is 0 Å². The van der Waals surface area contributed by atoms with Crippen molar-refractivity contribution in [2.75, 3.05) is 45.1 Å². The van der Waals surface area contributed by atoms with Crippen molar-refractivity contribution in [1.29, 1.82) is 0 Å². The number of benzene rings is 2. The number of piperidine rings is 2. The number of hydrogen-bond acceptors (Lipinski definition) is 6. The first kappa shape index (κ1) is 29.0. The van der Waals surface area contributed by atoms with Gasteiger partial charge in [0.15, 0.2) is 6.10 Å². The summed E-state index contributed by atoms with van der Waals surface area (Å²) < 4.78 is 6.02. The predicted molar refractivity (Wildman–Crippen MR) is 164 cm³/mol. The van der Waals surface area contributed by atoms with Crippen LogP contribution in [0.1, 0.15) is 42.4 Å². The molecule has 3 aromatic rings. The fraction of sp³-hybridized carbons (Fsp3) is 0.500. The highest BCUT2D eigenvalue weighted by Gasteiger charge is 2.35. The molecule has 0 radical (unpaired) electrons. The molecule has 2 fully saturated rings. The fourth-order valence-corrected chi connectivity index (χ4v) is 6.71. The number of ether oxygens (including phenoxy) is 1. The SMILES string of the molecule is CNC1CCN(C(=O)[C@@H](Cc2cc(C)c3[nH]ncc3c2)OC(=O)N2CCC(N3CCc4ccccc4NC3=O)CC2)CC1. The lowest BCUT2D eigenvalue weighted by molar-refractivity contribution is -0.142. The van der Waals surface area contributed by atoms with E-state index >= 15 is 0 Å². The number of hydrogen-bond donors (Lipinski definition) is 3. The quantitative estimate of drug-likeness (QED) is 0.405. The minimum absolute atomic E-state index is 0.0360. The topological polar surface area (TPSA) is 123 Å². The summed E-state index contributed by atoms with van der Waals surface area (Å²) in [5.41, 5.74) is 4.91. The van der Waals surface area contributed by atoms with E-state index in [9.17, 15) is 14.4 Å². The molecule has 43 heavy (non-hydrogen) atoms. The second-order valence-electron chi connectivity index (χ2n) is 12.0. The van der Waals surface area contributed by atoms with Gasteiger partial charge in [-0.3, -0.25) is 9.89 Å². The molecule has 4 heterocycles. The Kier molecular flexibility index (Phi) is 8.51. The van der Waals surface area contributed by atoms with Crippen LogP contribution in [0.2, 0.25) is 0 Å². The number of amides is 4. The van der Waals surface area contributed by atoms with E-state index in [1.165, 1.54) is 0 Å². The third kappa shape index (κ3) is 6.31. The number of likely N-dealkylation sites (tertiary alicyclic amines) is 2. The van der Waals surface area contributed by atoms with E-state index in [2.05, 4.69) is 20.8 Å². The summed E-state index contributed by atoms with van der Waals surface area (Å²) in [5, 5.41) is 14.5. The second kappa shape index (κ2) is 12.6. The maximum atomic E-state index is 13.8. The smallest absolute Gasteiger partial charge is 0.410 e. The van der Waals surface area contributed by atoms with Gasteiger partial charge in [0.25, 0.3) is 5.91 Å². The Morgan fingerprint density at radius 3 is 2.56 bits per heavy atom. The van der Waals surface area contributed by atoms with Crippen LogP contribution in [-0.2, 0) is 22.4 Å². The minimum Gasteiger partial charge on any atom is -0.436 e. The third-order valence-corrected chi connectivity index (χ3v) is 9.27. The van der Waals surface area contributed by atoms with Crippen LogP contribution in [0.5, 0.6) is 0 Å². The summed E-state index contributed by atoms with van der Waals surface area (Å²) >= 11 is 0. The highest BCUT2D eigenvalue weighted by Crippen LogP contribution is 2.26. The van der Waals surface area contributed by atoms with E-state index in [0.717, 1.165) is 52.5 Å². The van der Waals surface area contributed by atoms with Gasteiger partial charge in [-0.25, -0.2) is 9.59 Å². The molecule has 6 rings (SSSR count). The van der Waals surface area contributed by atoms with Crippen LogP contribution in [0, 0.1) is 6.92 Å². The van der Waals surface area contributed by atoms with Crippen LogP contribution in [0.4, 0.5) is 15.3 Å². The van der Waals surface area contributed by atoms with Crippen molar-refractivity contribution in [3.63, 3.8) is 0 Å². The van der Waals surface area contributed by atoms with Gasteiger partial charge in [0.05, 0.1) is 11.7 Å². The average molecular weight is 588 g/mol. The van der Waals surface area contributed by atoms with Crippen molar-refractivity contribution in [2.24, 2.45) is 0 Å². The lowest BCUT2D eigenvalue weighted by atomic mass is 10.0. The molecule has 3 aliphatic rings. The number of aryl methyl sites for hydroxylation is 1. The molecule has 11 nitrogen and oxygen atoms in total. The van der Waals surface area contributed by atoms with Crippen LogP contribution in [-0.4, -0.2) is 101 Å². The molecule has 3 N–H and O–H groups in total. The molecular weight excluding hydrogens is 546 g/mol. The number of aromatic nitrogens is 2. The average Bonchev–Trinajstić information content (AvgIpc) is 3.44. The lowest BCUT2D eigenvalue weighted by Gasteiger charge is -2.38. The summed E-state index contributed by atoms with van der Waals surface area (Å²) in [7, 11) is 1.95. The minimum atomic E-state index is -0.921. The number of rotatable bonds is 6. The Morgan fingerprint density at radius 1 is 1.05 bits per heavy atom. The van der Waals surface area contributed by atoms with Crippen molar-refractivity contribution in [3.05, 3.63) is 59.3 Å². The van der Waals surface area contributed by atoms with Crippen LogP contribution < -0.4 is 10.6 Å². The molecule has 3 aliphatic heterocycles.